The van der Waals surface area contributed by atoms with E-state index in [-0.39, 0.29) is 29.6 Å². The van der Waals surface area contributed by atoms with Crippen LogP contribution in [0.15, 0.2) is 73.8 Å². The average Bonchev–Trinajstić information content (AvgIpc) is 3.50. The van der Waals surface area contributed by atoms with Crippen molar-refractivity contribution in [2.24, 2.45) is 45.7 Å². The van der Waals surface area contributed by atoms with E-state index >= 15 is 0 Å². The highest BCUT2D eigenvalue weighted by Gasteiger charge is 2.23. The lowest BCUT2D eigenvalue weighted by Gasteiger charge is -2.27. The van der Waals surface area contributed by atoms with Crippen LogP contribution in [0.3, 0.4) is 0 Å². The monoisotopic (exact) mass is 1220 g/mol. The summed E-state index contributed by atoms with van der Waals surface area (Å²) in [4.78, 5) is 22.9. The zero-order valence-electron chi connectivity index (χ0n) is 62.9. The molecule has 0 aromatic carbocycles. The fourth-order valence-electron chi connectivity index (χ4n) is 6.77. The predicted octanol–water partition coefficient (Wildman–Crippen LogP) is 19.7. The third-order valence-corrected chi connectivity index (χ3v) is 16.8. The number of unbranched alkanes of at least 4 members (excludes halogenated alkanes) is 3. The maximum atomic E-state index is 12.0. The standard InChI is InChI=1S/2C13H27NO.C11H23NO.2C10H21N.C9H19NO.C8H17N.CH4/c1-7-13(5,6)12(4)15-11-10-14(8-2)9-3;1-5-8-10-14(11-9-6-2)13(15)12(4)7-3;1-7-11(3,4)10(2)13-9-8-12(5)6;1-6-9(4)10(5)11(7-2)8-3;1-5-7-8-11-10(4)9(3)6-2;1-5-9(3,4)8(2)11-7-6-10;1-6-7(2)8(3)9(4)5;/h4,7-11H2,1-3,5-6H3;12H,5-11H2,1-4H3;2,7-9H2,1,3-6H3;9H,5-8H2,1-4H3;9,11H,4-8H2,1-3H3;2,5-7,10H2,1,3-4H3;7H,3,6H2,1-2,4-5H3;1H4. The third-order valence-electron chi connectivity index (χ3n) is 16.8. The minimum atomic E-state index is 0. The van der Waals surface area contributed by atoms with Gasteiger partial charge < -0.3 is 49.8 Å². The van der Waals surface area contributed by atoms with Crippen LogP contribution in [-0.4, -0.2) is 144 Å². The van der Waals surface area contributed by atoms with Gasteiger partial charge in [-0.1, -0.05) is 218 Å². The predicted molar refractivity (Wildman–Crippen MR) is 391 cm³/mol. The quantitative estimate of drug-likeness (QED) is 0.0455. The van der Waals surface area contributed by atoms with Gasteiger partial charge in [0.15, 0.2) is 0 Å². The molecule has 0 heterocycles. The molecule has 3 N–H and O–H groups in total. The number of likely N-dealkylation sites (N-methyl/N-ethyl adjacent to an activating group) is 2. The molecule has 0 aliphatic rings. The van der Waals surface area contributed by atoms with E-state index < -0.39 is 0 Å². The molecular weight excluding hydrogens is 1060 g/mol. The van der Waals surface area contributed by atoms with Crippen molar-refractivity contribution in [2.75, 3.05) is 113 Å². The summed E-state index contributed by atoms with van der Waals surface area (Å²) < 4.78 is 16.6. The molecule has 4 atom stereocenters. The largest absolute Gasteiger partial charge is 0.497 e. The van der Waals surface area contributed by atoms with Crippen LogP contribution in [0.5, 0.6) is 0 Å². The molecule has 0 rings (SSSR count). The van der Waals surface area contributed by atoms with Crippen molar-refractivity contribution in [3.05, 3.63) is 73.8 Å². The number of nitrogens with zero attached hydrogens (tertiary/aromatic N) is 5. The first-order chi connectivity index (χ1) is 39.6. The van der Waals surface area contributed by atoms with Crippen LogP contribution in [0.25, 0.3) is 0 Å². The van der Waals surface area contributed by atoms with Gasteiger partial charge in [0.2, 0.25) is 5.91 Å². The molecule has 0 aliphatic heterocycles. The van der Waals surface area contributed by atoms with E-state index in [9.17, 15) is 4.79 Å². The summed E-state index contributed by atoms with van der Waals surface area (Å²) in [6.07, 6.45) is 14.8. The van der Waals surface area contributed by atoms with Gasteiger partial charge in [-0.25, -0.2) is 0 Å². The number of nitrogens with one attached hydrogen (secondary N) is 1. The molecule has 11 heteroatoms. The van der Waals surface area contributed by atoms with E-state index in [1.54, 1.807) is 0 Å². The summed E-state index contributed by atoms with van der Waals surface area (Å²) >= 11 is 0. The summed E-state index contributed by atoms with van der Waals surface area (Å²) in [5.74, 6) is 5.07. The van der Waals surface area contributed by atoms with Crippen LogP contribution in [0, 0.1) is 39.9 Å². The van der Waals surface area contributed by atoms with E-state index in [4.69, 9.17) is 19.9 Å². The SMILES string of the molecule is C.C=C(C(C)CC)N(C)C.C=C(C(C)CC)N(CC)CC.C=C(NCCCC)C(C)CC.C=C(OCCN(C)C)C(C)(C)CC.C=C(OCCN(CC)CC)C(C)(C)CC.C=C(OCCN)C(C)(C)CC.CCCCN(CCCC)C(=O)C(C)CC. The van der Waals surface area contributed by atoms with Crippen molar-refractivity contribution in [3.63, 3.8) is 0 Å². The minimum Gasteiger partial charge on any atom is -0.497 e. The summed E-state index contributed by atoms with van der Waals surface area (Å²) in [5, 5.41) is 3.34. The van der Waals surface area contributed by atoms with E-state index in [0.717, 1.165) is 141 Å². The van der Waals surface area contributed by atoms with Crippen molar-refractivity contribution in [1.29, 1.82) is 0 Å². The Morgan fingerprint density at radius 1 is 0.465 bits per heavy atom. The number of ether oxygens (including phenoxy) is 3. The fourth-order valence-corrected chi connectivity index (χ4v) is 6.77. The lowest BCUT2D eigenvalue weighted by molar-refractivity contribution is -0.135. The molecule has 0 spiro atoms. The number of allylic oxidation sites excluding steroid dienone is 6. The van der Waals surface area contributed by atoms with Gasteiger partial charge in [-0.15, -0.1) is 0 Å². The third kappa shape index (κ3) is 54.7. The Labute approximate surface area is 542 Å². The molecule has 86 heavy (non-hydrogen) atoms. The Morgan fingerprint density at radius 2 is 0.814 bits per heavy atom. The van der Waals surface area contributed by atoms with E-state index in [0.29, 0.717) is 36.8 Å². The zero-order chi connectivity index (χ0) is 68.0. The number of carbonyl (C=O) groups excluding carboxylic acids is 1. The second-order valence-corrected chi connectivity index (χ2v) is 25.3. The number of nitrogens with two attached hydrogens (primary N) is 1. The smallest absolute Gasteiger partial charge is 0.225 e. The van der Waals surface area contributed by atoms with Gasteiger partial charge in [0.1, 0.15) is 13.2 Å². The normalized spacial score (nSPS) is 12.1. The Bertz CT molecular complexity index is 1610. The number of carbonyl (C=O) groups is 1. The molecular formula is C75H159N7O4. The molecule has 1 amide bonds. The maximum Gasteiger partial charge on any atom is 0.225 e. The van der Waals surface area contributed by atoms with Crippen LogP contribution < -0.4 is 11.1 Å². The number of amides is 1. The molecule has 0 aromatic rings. The highest BCUT2D eigenvalue weighted by Crippen LogP contribution is 2.31. The molecule has 0 bridgehead atoms. The van der Waals surface area contributed by atoms with E-state index in [2.05, 4.69) is 229 Å². The first-order valence-corrected chi connectivity index (χ1v) is 34.1. The molecule has 0 saturated heterocycles. The first kappa shape index (κ1) is 98.8. The maximum absolute atomic E-state index is 12.0. The molecule has 4 unspecified atom stereocenters. The molecule has 0 aromatic heterocycles. The van der Waals surface area contributed by atoms with Gasteiger partial charge in [0, 0.05) is 106 Å². The molecule has 0 radical (unpaired) electrons. The second kappa shape index (κ2) is 61.8. The molecule has 0 saturated carbocycles. The zero-order valence-corrected chi connectivity index (χ0v) is 62.9. The Hall–Kier alpha value is -3.41. The summed E-state index contributed by atoms with van der Waals surface area (Å²) in [6, 6.07) is 0. The number of hydrogen-bond acceptors (Lipinski definition) is 10. The van der Waals surface area contributed by atoms with E-state index in [1.165, 1.54) is 49.2 Å². The Morgan fingerprint density at radius 3 is 1.09 bits per heavy atom. The van der Waals surface area contributed by atoms with Crippen LogP contribution in [0.1, 0.15) is 257 Å². The van der Waals surface area contributed by atoms with Crippen LogP contribution in [0.2, 0.25) is 0 Å². The van der Waals surface area contributed by atoms with Gasteiger partial charge in [-0.05, 0) is 123 Å². The molecule has 518 valence electrons. The van der Waals surface area contributed by atoms with Gasteiger partial charge in [-0.2, -0.15) is 0 Å². The number of rotatable bonds is 41. The summed E-state index contributed by atoms with van der Waals surface area (Å²) in [7, 11) is 8.15. The lowest BCUT2D eigenvalue weighted by Crippen LogP contribution is -2.36. The Kier molecular flexibility index (Phi) is 71.0. The summed E-state index contributed by atoms with van der Waals surface area (Å²) in [6.45, 7) is 87.6. The van der Waals surface area contributed by atoms with Gasteiger partial charge in [0.05, 0.1) is 23.9 Å². The van der Waals surface area contributed by atoms with Gasteiger partial charge in [0.25, 0.3) is 0 Å². The highest BCUT2D eigenvalue weighted by molar-refractivity contribution is 5.78. The molecule has 11 nitrogen and oxygen atoms in total. The first-order valence-electron chi connectivity index (χ1n) is 34.1. The Balaban J connectivity index is -0.000000138. The van der Waals surface area contributed by atoms with Crippen molar-refractivity contribution in [2.45, 2.75) is 257 Å². The fraction of sp³-hybridized carbons (Fsp3) is 0.827. The van der Waals surface area contributed by atoms with Gasteiger partial charge >= 0.3 is 0 Å². The van der Waals surface area contributed by atoms with Crippen molar-refractivity contribution < 1.29 is 19.0 Å². The lowest BCUT2D eigenvalue weighted by atomic mass is 9.88. The van der Waals surface area contributed by atoms with E-state index in [1.807, 2.05) is 35.1 Å². The van der Waals surface area contributed by atoms with Crippen molar-refractivity contribution in [3.8, 4) is 0 Å². The number of hydrogen-bond donors (Lipinski definition) is 2. The average molecular weight is 1220 g/mol. The topological polar surface area (TPSA) is 99.0 Å². The van der Waals surface area contributed by atoms with Gasteiger partial charge in [-0.3, -0.25) is 4.79 Å². The van der Waals surface area contributed by atoms with Crippen molar-refractivity contribution >= 4 is 5.91 Å². The van der Waals surface area contributed by atoms with Crippen molar-refractivity contribution in [1.82, 2.24) is 29.8 Å². The van der Waals surface area contributed by atoms with Crippen LogP contribution in [0.4, 0.5) is 0 Å². The van der Waals surface area contributed by atoms with Crippen LogP contribution >= 0.6 is 0 Å². The summed E-state index contributed by atoms with van der Waals surface area (Å²) in [5.41, 5.74) is 9.28. The minimum absolute atomic E-state index is 0. The molecule has 0 aliphatic carbocycles. The second-order valence-electron chi connectivity index (χ2n) is 25.3. The molecule has 0 fully saturated rings. The van der Waals surface area contributed by atoms with Crippen LogP contribution in [-0.2, 0) is 19.0 Å². The highest BCUT2D eigenvalue weighted by atomic mass is 16.5.